The smallest absolute Gasteiger partial charge is 0.293 e. The van der Waals surface area contributed by atoms with Crippen molar-refractivity contribution in [2.75, 3.05) is 18.5 Å². The molecular weight excluding hydrogens is 394 g/mol. The minimum absolute atomic E-state index is 0.0300. The summed E-state index contributed by atoms with van der Waals surface area (Å²) < 4.78 is 33.6. The molecule has 162 valence electrons. The van der Waals surface area contributed by atoms with Gasteiger partial charge in [0.1, 0.15) is 5.69 Å². The summed E-state index contributed by atoms with van der Waals surface area (Å²) in [5.74, 6) is 0.974. The van der Waals surface area contributed by atoms with Crippen LogP contribution in [0.5, 0.6) is 0 Å². The first-order valence-corrected chi connectivity index (χ1v) is 11.9. The Kier molecular flexibility index (Phi) is 7.13. The molecule has 0 bridgehead atoms. The topological polar surface area (TPSA) is 111 Å². The minimum Gasteiger partial charge on any atom is -0.381 e. The minimum atomic E-state index is -3.80. The van der Waals surface area contributed by atoms with Gasteiger partial charge >= 0.3 is 0 Å². The number of nitro groups is 1. The fourth-order valence-corrected chi connectivity index (χ4v) is 5.52. The molecule has 1 aromatic rings. The number of ether oxygens (including phenoxy) is 1. The van der Waals surface area contributed by atoms with Crippen LogP contribution in [0.1, 0.15) is 52.4 Å². The molecule has 29 heavy (non-hydrogen) atoms. The molecule has 8 nitrogen and oxygen atoms in total. The van der Waals surface area contributed by atoms with Gasteiger partial charge in [0.2, 0.25) is 10.0 Å². The molecule has 0 aromatic heterocycles. The van der Waals surface area contributed by atoms with E-state index >= 15 is 0 Å². The Morgan fingerprint density at radius 3 is 2.41 bits per heavy atom. The predicted molar refractivity (Wildman–Crippen MR) is 111 cm³/mol. The number of nitrogens with one attached hydrogen (secondary N) is 2. The van der Waals surface area contributed by atoms with E-state index in [1.54, 1.807) is 0 Å². The number of nitro benzene ring substituents is 1. The van der Waals surface area contributed by atoms with Crippen LogP contribution in [0.3, 0.4) is 0 Å². The SMILES string of the molecule is CC1CCC(NS(=O)(=O)c2ccc(NC(C)C3CCOCC3)c([N+](=O)[O-])c2)CC1. The third kappa shape index (κ3) is 5.67. The lowest BCUT2D eigenvalue weighted by atomic mass is 9.88. The van der Waals surface area contributed by atoms with Gasteiger partial charge in [-0.25, -0.2) is 13.1 Å². The van der Waals surface area contributed by atoms with Gasteiger partial charge in [-0.3, -0.25) is 10.1 Å². The Morgan fingerprint density at radius 2 is 1.79 bits per heavy atom. The molecule has 3 rings (SSSR count). The van der Waals surface area contributed by atoms with Crippen LogP contribution in [0.4, 0.5) is 11.4 Å². The second kappa shape index (κ2) is 9.40. The zero-order valence-corrected chi connectivity index (χ0v) is 17.9. The lowest BCUT2D eigenvalue weighted by molar-refractivity contribution is -0.384. The molecule has 9 heteroatoms. The quantitative estimate of drug-likeness (QED) is 0.509. The summed E-state index contributed by atoms with van der Waals surface area (Å²) in [5, 5.41) is 14.8. The maximum atomic E-state index is 12.8. The molecule has 1 saturated heterocycles. The molecule has 0 spiro atoms. The zero-order chi connectivity index (χ0) is 21.0. The summed E-state index contributed by atoms with van der Waals surface area (Å²) in [6.45, 7) is 5.56. The number of anilines is 1. The van der Waals surface area contributed by atoms with Gasteiger partial charge in [0.25, 0.3) is 5.69 Å². The Morgan fingerprint density at radius 1 is 1.14 bits per heavy atom. The highest BCUT2D eigenvalue weighted by Crippen LogP contribution is 2.31. The molecule has 2 N–H and O–H groups in total. The predicted octanol–water partition coefficient (Wildman–Crippen LogP) is 3.68. The molecular formula is C20H31N3O5S. The van der Waals surface area contributed by atoms with Gasteiger partial charge in [0.15, 0.2) is 0 Å². The summed E-state index contributed by atoms with van der Waals surface area (Å²) in [6.07, 6.45) is 5.37. The number of benzene rings is 1. The van der Waals surface area contributed by atoms with Crippen LogP contribution >= 0.6 is 0 Å². The lowest BCUT2D eigenvalue weighted by Gasteiger charge is -2.29. The first kappa shape index (κ1) is 22.0. The third-order valence-electron chi connectivity index (χ3n) is 6.17. The van der Waals surface area contributed by atoms with E-state index in [0.717, 1.165) is 44.6 Å². The van der Waals surface area contributed by atoms with Crippen LogP contribution in [0, 0.1) is 22.0 Å². The van der Waals surface area contributed by atoms with Crippen LogP contribution in [0.25, 0.3) is 0 Å². The van der Waals surface area contributed by atoms with Crippen molar-refractivity contribution >= 4 is 21.4 Å². The van der Waals surface area contributed by atoms with Crippen LogP contribution in [-0.4, -0.2) is 38.6 Å². The Hall–Kier alpha value is -1.71. The Bertz CT molecular complexity index is 815. The fraction of sp³-hybridized carbons (Fsp3) is 0.700. The third-order valence-corrected chi connectivity index (χ3v) is 7.69. The van der Waals surface area contributed by atoms with Crippen LogP contribution < -0.4 is 10.0 Å². The second-order valence-corrected chi connectivity index (χ2v) is 10.1. The van der Waals surface area contributed by atoms with Gasteiger partial charge in [-0.05, 0) is 69.4 Å². The number of hydrogen-bond donors (Lipinski definition) is 2. The second-order valence-electron chi connectivity index (χ2n) is 8.40. The van der Waals surface area contributed by atoms with Crippen LogP contribution in [-0.2, 0) is 14.8 Å². The van der Waals surface area contributed by atoms with Crippen LogP contribution in [0.15, 0.2) is 23.1 Å². The molecule has 1 aliphatic carbocycles. The molecule has 1 heterocycles. The number of rotatable bonds is 7. The van der Waals surface area contributed by atoms with E-state index in [2.05, 4.69) is 17.0 Å². The van der Waals surface area contributed by atoms with Gasteiger partial charge in [0.05, 0.1) is 9.82 Å². The van der Waals surface area contributed by atoms with Gasteiger partial charge in [-0.2, -0.15) is 0 Å². The molecule has 2 aliphatic rings. The van der Waals surface area contributed by atoms with E-state index in [1.165, 1.54) is 12.1 Å². The maximum absolute atomic E-state index is 12.8. The monoisotopic (exact) mass is 425 g/mol. The van der Waals surface area contributed by atoms with Crippen molar-refractivity contribution in [1.82, 2.24) is 4.72 Å². The van der Waals surface area contributed by atoms with Crippen molar-refractivity contribution in [3.05, 3.63) is 28.3 Å². The molecule has 0 radical (unpaired) electrons. The van der Waals surface area contributed by atoms with E-state index in [9.17, 15) is 18.5 Å². The first-order valence-electron chi connectivity index (χ1n) is 10.4. The summed E-state index contributed by atoms with van der Waals surface area (Å²) in [4.78, 5) is 11.0. The van der Waals surface area contributed by atoms with Gasteiger partial charge in [0, 0.05) is 31.4 Å². The van der Waals surface area contributed by atoms with Gasteiger partial charge in [-0.1, -0.05) is 6.92 Å². The van der Waals surface area contributed by atoms with E-state index in [1.807, 2.05) is 6.92 Å². The van der Waals surface area contributed by atoms with E-state index in [0.29, 0.717) is 30.7 Å². The largest absolute Gasteiger partial charge is 0.381 e. The maximum Gasteiger partial charge on any atom is 0.293 e. The molecule has 1 aromatic carbocycles. The van der Waals surface area contributed by atoms with Gasteiger partial charge in [-0.15, -0.1) is 0 Å². The number of nitrogens with zero attached hydrogens (tertiary/aromatic N) is 1. The van der Waals surface area contributed by atoms with Gasteiger partial charge < -0.3 is 10.1 Å². The van der Waals surface area contributed by atoms with E-state index < -0.39 is 14.9 Å². The summed E-state index contributed by atoms with van der Waals surface area (Å²) in [6, 6.07) is 4.03. The van der Waals surface area contributed by atoms with Crippen molar-refractivity contribution in [3.63, 3.8) is 0 Å². The van der Waals surface area contributed by atoms with Crippen molar-refractivity contribution in [1.29, 1.82) is 0 Å². The molecule has 1 saturated carbocycles. The highest BCUT2D eigenvalue weighted by molar-refractivity contribution is 7.89. The number of sulfonamides is 1. The summed E-state index contributed by atoms with van der Waals surface area (Å²) in [7, 11) is -3.80. The van der Waals surface area contributed by atoms with Crippen molar-refractivity contribution in [2.24, 2.45) is 11.8 Å². The highest BCUT2D eigenvalue weighted by Gasteiger charge is 2.28. The molecule has 2 fully saturated rings. The normalized spacial score (nSPS) is 24.8. The van der Waals surface area contributed by atoms with Crippen molar-refractivity contribution < 1.29 is 18.1 Å². The van der Waals surface area contributed by atoms with E-state index in [4.69, 9.17) is 4.74 Å². The van der Waals surface area contributed by atoms with E-state index in [-0.39, 0.29) is 22.7 Å². The average Bonchev–Trinajstić information content (AvgIpc) is 2.70. The van der Waals surface area contributed by atoms with Crippen molar-refractivity contribution in [2.45, 2.75) is 69.4 Å². The molecule has 1 unspecified atom stereocenters. The first-order chi connectivity index (χ1) is 13.8. The average molecular weight is 426 g/mol. The fourth-order valence-electron chi connectivity index (χ4n) is 4.20. The summed E-state index contributed by atoms with van der Waals surface area (Å²) in [5.41, 5.74) is 0.128. The van der Waals surface area contributed by atoms with Crippen molar-refractivity contribution in [3.8, 4) is 0 Å². The Balaban J connectivity index is 1.75. The van der Waals surface area contributed by atoms with Crippen LogP contribution in [0.2, 0.25) is 0 Å². The standard InChI is InChI=1S/C20H31N3O5S/c1-14-3-5-17(6-4-14)22-29(26,27)18-7-8-19(20(13-18)23(24)25)21-15(2)16-9-11-28-12-10-16/h7-8,13-17,21-22H,3-6,9-12H2,1-2H3. The lowest BCUT2D eigenvalue weighted by Crippen LogP contribution is -2.37. The Labute approximate surface area is 172 Å². The highest BCUT2D eigenvalue weighted by atomic mass is 32.2. The molecule has 0 amide bonds. The molecule has 1 atom stereocenters. The zero-order valence-electron chi connectivity index (χ0n) is 17.1. The molecule has 1 aliphatic heterocycles. The number of hydrogen-bond acceptors (Lipinski definition) is 6. The summed E-state index contributed by atoms with van der Waals surface area (Å²) >= 11 is 0.